The molecule has 1 aliphatic heterocycles. The fourth-order valence-corrected chi connectivity index (χ4v) is 9.84. The van der Waals surface area contributed by atoms with Crippen LogP contribution in [0.1, 0.15) is 103 Å². The standard InChI is InChI=1S/C62H62N4O/c1-59(2,3)42-25-28-48(29-26-42)64-41-65(55-24-18-17-23-54(55)64)49-35-47(62(9,10)44-21-15-12-16-22-44)36-51(39-49)67-50-30-32-53-52-31-27-46(61(7,8)43-19-13-11-14-20-43)37-56(52)66(57(53)40-50)58-38-45(33-34-63-58)60(4,5)6/h11-40H,41H2,1-10H3. The van der Waals surface area contributed by atoms with Crippen LogP contribution >= 0.6 is 0 Å². The second-order valence-electron chi connectivity index (χ2n) is 21.5. The normalized spacial score (nSPS) is 13.4. The molecule has 0 spiro atoms. The number of benzene rings is 7. The Morgan fingerprint density at radius 2 is 0.940 bits per heavy atom. The number of para-hydroxylation sites is 2. The predicted octanol–water partition coefficient (Wildman–Crippen LogP) is 16.5. The first-order chi connectivity index (χ1) is 32.0. The van der Waals surface area contributed by atoms with Gasteiger partial charge in [-0.3, -0.25) is 4.57 Å². The summed E-state index contributed by atoms with van der Waals surface area (Å²) in [5, 5.41) is 2.33. The molecule has 9 aromatic rings. The Kier molecular flexibility index (Phi) is 10.7. The van der Waals surface area contributed by atoms with Crippen molar-refractivity contribution >= 4 is 44.6 Å². The lowest BCUT2D eigenvalue weighted by Crippen LogP contribution is -2.25. The van der Waals surface area contributed by atoms with Crippen molar-refractivity contribution < 1.29 is 4.74 Å². The average molecular weight is 879 g/mol. The van der Waals surface area contributed by atoms with E-state index in [1.165, 1.54) is 50.1 Å². The maximum Gasteiger partial charge on any atom is 0.137 e. The van der Waals surface area contributed by atoms with Crippen molar-refractivity contribution in [2.75, 3.05) is 16.5 Å². The van der Waals surface area contributed by atoms with Crippen LogP contribution in [0, 0.1) is 0 Å². The number of anilines is 4. The molecule has 0 unspecified atom stereocenters. The molecule has 0 radical (unpaired) electrons. The smallest absolute Gasteiger partial charge is 0.137 e. The van der Waals surface area contributed by atoms with Crippen molar-refractivity contribution in [2.45, 2.75) is 90.9 Å². The first kappa shape index (κ1) is 43.8. The van der Waals surface area contributed by atoms with Crippen LogP contribution in [0.3, 0.4) is 0 Å². The number of nitrogens with zero attached hydrogens (tertiary/aromatic N) is 4. The summed E-state index contributed by atoms with van der Waals surface area (Å²) in [6.07, 6.45) is 1.95. The van der Waals surface area contributed by atoms with Gasteiger partial charge in [0.1, 0.15) is 24.0 Å². The molecular formula is C62H62N4O. The van der Waals surface area contributed by atoms with E-state index in [9.17, 15) is 0 Å². The third-order valence-corrected chi connectivity index (χ3v) is 14.2. The van der Waals surface area contributed by atoms with E-state index in [0.29, 0.717) is 6.67 Å². The second-order valence-corrected chi connectivity index (χ2v) is 21.5. The fourth-order valence-electron chi connectivity index (χ4n) is 9.84. The summed E-state index contributed by atoms with van der Waals surface area (Å²) in [6.45, 7) is 23.5. The zero-order valence-corrected chi connectivity index (χ0v) is 40.7. The summed E-state index contributed by atoms with van der Waals surface area (Å²) in [6, 6.07) is 64.1. The van der Waals surface area contributed by atoms with E-state index in [1.54, 1.807) is 0 Å². The van der Waals surface area contributed by atoms with Crippen LogP contribution in [0.25, 0.3) is 27.6 Å². The Bertz CT molecular complexity index is 3260. The number of hydrogen-bond acceptors (Lipinski definition) is 4. The minimum atomic E-state index is -0.317. The van der Waals surface area contributed by atoms with Crippen LogP contribution < -0.4 is 14.5 Å². The zero-order chi connectivity index (χ0) is 46.9. The Hall–Kier alpha value is -7.11. The van der Waals surface area contributed by atoms with E-state index in [1.807, 2.05) is 6.20 Å². The predicted molar refractivity (Wildman–Crippen MR) is 282 cm³/mol. The second kappa shape index (κ2) is 16.3. The lowest BCUT2D eigenvalue weighted by Gasteiger charge is -2.29. The molecule has 0 bridgehead atoms. The average Bonchev–Trinajstić information content (AvgIpc) is 3.87. The highest BCUT2D eigenvalue weighted by atomic mass is 16.5. The van der Waals surface area contributed by atoms with Gasteiger partial charge in [-0.25, -0.2) is 4.98 Å². The molecule has 336 valence electrons. The highest BCUT2D eigenvalue weighted by molar-refractivity contribution is 6.09. The number of rotatable bonds is 9. The molecule has 0 N–H and O–H groups in total. The Morgan fingerprint density at radius 1 is 0.403 bits per heavy atom. The van der Waals surface area contributed by atoms with Gasteiger partial charge in [0.15, 0.2) is 0 Å². The minimum absolute atomic E-state index is 0.0504. The van der Waals surface area contributed by atoms with Gasteiger partial charge >= 0.3 is 0 Å². The fraction of sp³-hybridized carbons (Fsp3) is 0.242. The van der Waals surface area contributed by atoms with E-state index in [0.717, 1.165) is 45.1 Å². The molecule has 10 rings (SSSR count). The largest absolute Gasteiger partial charge is 0.457 e. The molecule has 5 nitrogen and oxygen atoms in total. The van der Waals surface area contributed by atoms with Gasteiger partial charge in [0.2, 0.25) is 0 Å². The highest BCUT2D eigenvalue weighted by Gasteiger charge is 2.32. The molecule has 2 aromatic heterocycles. The van der Waals surface area contributed by atoms with E-state index >= 15 is 0 Å². The SMILES string of the molecule is CC(C)(C)c1ccc(N2CN(c3cc(Oc4ccc5c6ccc(C(C)(C)c7ccccc7)cc6n(-c6cc(C(C)(C)C)ccn6)c5c4)cc(C(C)(C)c4ccccc4)c3)c3ccccc32)cc1. The summed E-state index contributed by atoms with van der Waals surface area (Å²) in [4.78, 5) is 9.90. The molecule has 0 saturated carbocycles. The Labute approximate surface area is 397 Å². The number of hydrogen-bond donors (Lipinski definition) is 0. The van der Waals surface area contributed by atoms with E-state index < -0.39 is 0 Å². The van der Waals surface area contributed by atoms with Crippen LogP contribution in [0.2, 0.25) is 0 Å². The Balaban J connectivity index is 1.11. The van der Waals surface area contributed by atoms with Crippen LogP contribution in [-0.4, -0.2) is 16.2 Å². The van der Waals surface area contributed by atoms with Crippen molar-refractivity contribution in [1.29, 1.82) is 0 Å². The van der Waals surface area contributed by atoms with Crippen LogP contribution in [0.5, 0.6) is 11.5 Å². The van der Waals surface area contributed by atoms with Crippen LogP contribution in [-0.2, 0) is 21.7 Å². The van der Waals surface area contributed by atoms with Crippen molar-refractivity contribution in [3.05, 3.63) is 216 Å². The molecule has 5 heteroatoms. The maximum atomic E-state index is 7.13. The van der Waals surface area contributed by atoms with Gasteiger partial charge in [0.25, 0.3) is 0 Å². The quantitative estimate of drug-likeness (QED) is 0.145. The van der Waals surface area contributed by atoms with Gasteiger partial charge in [-0.1, -0.05) is 166 Å². The minimum Gasteiger partial charge on any atom is -0.457 e. The van der Waals surface area contributed by atoms with Gasteiger partial charge < -0.3 is 14.5 Å². The van der Waals surface area contributed by atoms with Crippen molar-refractivity contribution in [3.63, 3.8) is 0 Å². The lowest BCUT2D eigenvalue weighted by molar-refractivity contribution is 0.480. The van der Waals surface area contributed by atoms with Gasteiger partial charge in [0.05, 0.1) is 22.4 Å². The molecule has 67 heavy (non-hydrogen) atoms. The molecule has 1 aliphatic rings. The third kappa shape index (κ3) is 8.05. The number of fused-ring (bicyclic) bond motifs is 4. The first-order valence-electron chi connectivity index (χ1n) is 23.7. The van der Waals surface area contributed by atoms with E-state index in [-0.39, 0.29) is 21.7 Å². The van der Waals surface area contributed by atoms with Crippen molar-refractivity contribution in [2.24, 2.45) is 0 Å². The summed E-state index contributed by atoms with van der Waals surface area (Å²) in [5.41, 5.74) is 13.7. The molecule has 0 saturated heterocycles. The third-order valence-electron chi connectivity index (χ3n) is 14.2. The maximum absolute atomic E-state index is 7.13. The van der Waals surface area contributed by atoms with Gasteiger partial charge in [-0.05, 0) is 111 Å². The van der Waals surface area contributed by atoms with Gasteiger partial charge in [0, 0.05) is 51.3 Å². The van der Waals surface area contributed by atoms with E-state index in [4.69, 9.17) is 9.72 Å². The number of aromatic nitrogens is 2. The van der Waals surface area contributed by atoms with E-state index in [2.05, 4.69) is 260 Å². The summed E-state index contributed by atoms with van der Waals surface area (Å²) < 4.78 is 9.46. The topological polar surface area (TPSA) is 33.5 Å². The monoisotopic (exact) mass is 878 g/mol. The zero-order valence-electron chi connectivity index (χ0n) is 40.7. The number of pyridine rings is 1. The van der Waals surface area contributed by atoms with Crippen LogP contribution in [0.15, 0.2) is 182 Å². The van der Waals surface area contributed by atoms with Crippen molar-refractivity contribution in [3.8, 4) is 17.3 Å². The highest BCUT2D eigenvalue weighted by Crippen LogP contribution is 2.47. The Morgan fingerprint density at radius 3 is 1.55 bits per heavy atom. The molecule has 0 fully saturated rings. The molecule has 0 amide bonds. The van der Waals surface area contributed by atoms with Crippen molar-refractivity contribution in [1.82, 2.24) is 9.55 Å². The van der Waals surface area contributed by atoms with Gasteiger partial charge in [-0.15, -0.1) is 0 Å². The molecule has 7 aromatic carbocycles. The first-order valence-corrected chi connectivity index (χ1v) is 23.7. The molecule has 3 heterocycles. The summed E-state index contributed by atoms with van der Waals surface area (Å²) in [7, 11) is 0. The number of ether oxygens (including phenoxy) is 1. The molecule has 0 atom stereocenters. The summed E-state index contributed by atoms with van der Waals surface area (Å²) >= 11 is 0. The summed E-state index contributed by atoms with van der Waals surface area (Å²) in [5.74, 6) is 2.43. The van der Waals surface area contributed by atoms with Gasteiger partial charge in [-0.2, -0.15) is 0 Å². The lowest BCUT2D eigenvalue weighted by atomic mass is 9.78. The molecular weight excluding hydrogens is 817 g/mol. The molecule has 0 aliphatic carbocycles. The van der Waals surface area contributed by atoms with Crippen LogP contribution in [0.4, 0.5) is 22.7 Å².